The number of hydrogen-bond donors (Lipinski definition) is 2. The van der Waals surface area contributed by atoms with Crippen molar-refractivity contribution >= 4 is 12.2 Å². The molecule has 2 aliphatic heterocycles. The van der Waals surface area contributed by atoms with Crippen molar-refractivity contribution in [3.05, 3.63) is 34.9 Å². The number of alkyl halides is 3. The Kier molecular flexibility index (Phi) is 6.44. The fourth-order valence-corrected chi connectivity index (χ4v) is 4.13. The maximum absolute atomic E-state index is 13.3. The highest BCUT2D eigenvalue weighted by molar-refractivity contribution is 5.75. The van der Waals surface area contributed by atoms with E-state index in [9.17, 15) is 27.9 Å². The van der Waals surface area contributed by atoms with E-state index in [0.29, 0.717) is 31.5 Å². The molecule has 0 aromatic heterocycles. The zero-order chi connectivity index (χ0) is 22.1. The predicted molar refractivity (Wildman–Crippen MR) is 100 cm³/mol. The minimum absolute atomic E-state index is 0.0404. The maximum Gasteiger partial charge on any atom is 0.506 e. The number of aryl methyl sites for hydroxylation is 1. The quantitative estimate of drug-likeness (QED) is 0.702. The van der Waals surface area contributed by atoms with Gasteiger partial charge >= 0.3 is 18.4 Å². The summed E-state index contributed by atoms with van der Waals surface area (Å²) in [6.45, 7) is 2.32. The first kappa shape index (κ1) is 22.2. The molecule has 0 radical (unpaired) electrons. The van der Waals surface area contributed by atoms with E-state index in [1.54, 1.807) is 11.0 Å². The van der Waals surface area contributed by atoms with E-state index < -0.39 is 36.0 Å². The first-order valence-electron chi connectivity index (χ1n) is 9.84. The molecule has 3 rings (SSSR count). The molecule has 2 N–H and O–H groups in total. The van der Waals surface area contributed by atoms with Crippen molar-refractivity contribution in [1.82, 2.24) is 9.80 Å². The molecule has 2 fully saturated rings. The lowest BCUT2D eigenvalue weighted by Gasteiger charge is -2.41. The zero-order valence-electron chi connectivity index (χ0n) is 16.6. The van der Waals surface area contributed by atoms with Crippen LogP contribution in [-0.2, 0) is 10.9 Å². The van der Waals surface area contributed by atoms with Gasteiger partial charge in [0, 0.05) is 25.6 Å². The average molecular weight is 430 g/mol. The van der Waals surface area contributed by atoms with E-state index >= 15 is 0 Å². The molecule has 166 valence electrons. The Bertz CT molecular complexity index is 793. The lowest BCUT2D eigenvalue weighted by molar-refractivity contribution is -0.138. The molecule has 1 aromatic carbocycles. The highest BCUT2D eigenvalue weighted by Gasteiger charge is 2.37. The summed E-state index contributed by atoms with van der Waals surface area (Å²) in [5, 5.41) is 18.6. The van der Waals surface area contributed by atoms with E-state index in [1.807, 2.05) is 0 Å². The maximum atomic E-state index is 13.3. The second-order valence-electron chi connectivity index (χ2n) is 7.92. The van der Waals surface area contributed by atoms with Crippen LogP contribution in [-0.4, -0.2) is 70.6 Å². The summed E-state index contributed by atoms with van der Waals surface area (Å²) in [4.78, 5) is 27.0. The van der Waals surface area contributed by atoms with Crippen LogP contribution in [0.1, 0.15) is 41.9 Å². The van der Waals surface area contributed by atoms with Crippen LogP contribution < -0.4 is 0 Å². The number of nitrogens with zero attached hydrogens (tertiary/aromatic N) is 2. The first-order chi connectivity index (χ1) is 14.0. The number of amides is 2. The minimum Gasteiger partial charge on any atom is -0.450 e. The van der Waals surface area contributed by atoms with E-state index in [1.165, 1.54) is 17.9 Å². The smallest absolute Gasteiger partial charge is 0.450 e. The molecule has 1 aromatic rings. The van der Waals surface area contributed by atoms with E-state index in [4.69, 9.17) is 9.84 Å². The second kappa shape index (κ2) is 8.71. The molecule has 0 saturated carbocycles. The predicted octanol–water partition coefficient (Wildman–Crippen LogP) is 3.44. The molecule has 2 amide bonds. The van der Waals surface area contributed by atoms with Gasteiger partial charge in [0.2, 0.25) is 0 Å². The lowest BCUT2D eigenvalue weighted by atomic mass is 9.87. The fourth-order valence-electron chi connectivity index (χ4n) is 4.13. The van der Waals surface area contributed by atoms with Crippen LogP contribution >= 0.6 is 0 Å². The van der Waals surface area contributed by atoms with E-state index in [2.05, 4.69) is 0 Å². The van der Waals surface area contributed by atoms with Gasteiger partial charge in [0.15, 0.2) is 0 Å². The van der Waals surface area contributed by atoms with Crippen LogP contribution in [0.3, 0.4) is 0 Å². The van der Waals surface area contributed by atoms with Gasteiger partial charge in [0.05, 0.1) is 18.2 Å². The first-order valence-corrected chi connectivity index (χ1v) is 9.84. The third-order valence-electron chi connectivity index (χ3n) is 5.72. The number of halogens is 3. The molecule has 10 heteroatoms. The van der Waals surface area contributed by atoms with Crippen LogP contribution in [0.5, 0.6) is 0 Å². The lowest BCUT2D eigenvalue weighted by Crippen LogP contribution is -2.53. The highest BCUT2D eigenvalue weighted by atomic mass is 19.4. The standard InChI is InChI=1S/C20H25F3N2O5/c1-12-2-3-13(9-17(12)20(21,22)23)14-8-16(30-19(28)29)11-25(10-14)18(27)24-6-4-15(26)5-7-24/h2-3,9,14-16,26H,4-8,10-11H2,1H3,(H,28,29). The summed E-state index contributed by atoms with van der Waals surface area (Å²) in [7, 11) is 0. The molecule has 2 aliphatic rings. The van der Waals surface area contributed by atoms with Crippen molar-refractivity contribution in [3.8, 4) is 0 Å². The topological polar surface area (TPSA) is 90.3 Å². The van der Waals surface area contributed by atoms with Crippen LogP contribution in [0.15, 0.2) is 18.2 Å². The van der Waals surface area contributed by atoms with Crippen LogP contribution in [0.4, 0.5) is 22.8 Å². The van der Waals surface area contributed by atoms with Gasteiger partial charge in [0.25, 0.3) is 0 Å². The fraction of sp³-hybridized carbons (Fsp3) is 0.600. The van der Waals surface area contributed by atoms with Crippen LogP contribution in [0, 0.1) is 6.92 Å². The molecule has 0 spiro atoms. The van der Waals surface area contributed by atoms with Crippen molar-refractivity contribution in [3.63, 3.8) is 0 Å². The number of rotatable bonds is 2. The minimum atomic E-state index is -4.50. The number of aliphatic hydroxyl groups excluding tert-OH is 1. The molecular weight excluding hydrogens is 405 g/mol. The molecule has 2 heterocycles. The number of aliphatic hydroxyl groups is 1. The number of hydrogen-bond acceptors (Lipinski definition) is 4. The number of likely N-dealkylation sites (tertiary alicyclic amines) is 2. The van der Waals surface area contributed by atoms with Gasteiger partial charge in [0.1, 0.15) is 6.10 Å². The number of carboxylic acid groups (broad SMARTS) is 1. The Hall–Kier alpha value is -2.49. The van der Waals surface area contributed by atoms with Gasteiger partial charge in [-0.25, -0.2) is 9.59 Å². The summed E-state index contributed by atoms with van der Waals surface area (Å²) >= 11 is 0. The average Bonchev–Trinajstić information content (AvgIpc) is 2.66. The molecule has 2 saturated heterocycles. The molecule has 2 atom stereocenters. The van der Waals surface area contributed by atoms with Gasteiger partial charge in [-0.15, -0.1) is 0 Å². The van der Waals surface area contributed by atoms with Gasteiger partial charge in [-0.1, -0.05) is 12.1 Å². The number of carbonyl (C=O) groups is 2. The van der Waals surface area contributed by atoms with Crippen molar-refractivity contribution in [2.24, 2.45) is 0 Å². The Balaban J connectivity index is 1.83. The molecule has 0 bridgehead atoms. The second-order valence-corrected chi connectivity index (χ2v) is 7.92. The largest absolute Gasteiger partial charge is 0.506 e. The Labute approximate surface area is 172 Å². The summed E-state index contributed by atoms with van der Waals surface area (Å²) in [5.41, 5.74) is -0.261. The molecule has 7 nitrogen and oxygen atoms in total. The molecule has 0 aliphatic carbocycles. The highest BCUT2D eigenvalue weighted by Crippen LogP contribution is 2.36. The monoisotopic (exact) mass is 430 g/mol. The normalized spacial score (nSPS) is 23.4. The third kappa shape index (κ3) is 5.16. The van der Waals surface area contributed by atoms with Crippen molar-refractivity contribution in [2.75, 3.05) is 26.2 Å². The van der Waals surface area contributed by atoms with Crippen molar-refractivity contribution in [1.29, 1.82) is 0 Å². The number of ether oxygens (including phenoxy) is 1. The summed E-state index contributed by atoms with van der Waals surface area (Å²) in [6, 6.07) is 3.72. The molecule has 30 heavy (non-hydrogen) atoms. The number of benzene rings is 1. The van der Waals surface area contributed by atoms with Crippen molar-refractivity contribution in [2.45, 2.75) is 50.5 Å². The number of piperidine rings is 2. The number of urea groups is 1. The Morgan fingerprint density at radius 3 is 2.40 bits per heavy atom. The SMILES string of the molecule is Cc1ccc(C2CC(OC(=O)O)CN(C(=O)N3CCC(O)CC3)C2)cc1C(F)(F)F. The van der Waals surface area contributed by atoms with Gasteiger partial charge in [-0.2, -0.15) is 13.2 Å². The Morgan fingerprint density at radius 2 is 1.80 bits per heavy atom. The van der Waals surface area contributed by atoms with E-state index in [0.717, 1.165) is 6.07 Å². The van der Waals surface area contributed by atoms with Crippen LogP contribution in [0.25, 0.3) is 0 Å². The zero-order valence-corrected chi connectivity index (χ0v) is 16.6. The number of carbonyl (C=O) groups excluding carboxylic acids is 1. The Morgan fingerprint density at radius 1 is 1.13 bits per heavy atom. The third-order valence-corrected chi connectivity index (χ3v) is 5.72. The van der Waals surface area contributed by atoms with Gasteiger partial charge < -0.3 is 24.7 Å². The van der Waals surface area contributed by atoms with E-state index in [-0.39, 0.29) is 31.1 Å². The van der Waals surface area contributed by atoms with Gasteiger partial charge in [-0.05, 0) is 43.4 Å². The van der Waals surface area contributed by atoms with Crippen molar-refractivity contribution < 1.29 is 37.7 Å². The van der Waals surface area contributed by atoms with Crippen LogP contribution in [0.2, 0.25) is 0 Å². The summed E-state index contributed by atoms with van der Waals surface area (Å²) < 4.78 is 44.9. The van der Waals surface area contributed by atoms with Gasteiger partial charge in [-0.3, -0.25) is 0 Å². The molecule has 2 unspecified atom stereocenters. The summed E-state index contributed by atoms with van der Waals surface area (Å²) in [6.07, 6.45) is -6.20. The molecular formula is C20H25F3N2O5. The summed E-state index contributed by atoms with van der Waals surface area (Å²) in [5.74, 6) is -0.496.